The number of rotatable bonds is 6. The van der Waals surface area contributed by atoms with Crippen LogP contribution < -0.4 is 9.62 Å². The Morgan fingerprint density at radius 1 is 1.12 bits per heavy atom. The van der Waals surface area contributed by atoms with E-state index in [1.165, 1.54) is 24.3 Å². The number of hydrogen-bond donors (Lipinski definition) is 1. The predicted octanol–water partition coefficient (Wildman–Crippen LogP) is 3.63. The summed E-state index contributed by atoms with van der Waals surface area (Å²) in [7, 11) is -3.75. The van der Waals surface area contributed by atoms with Crippen LogP contribution in [-0.4, -0.2) is 26.6 Å². The minimum Gasteiger partial charge on any atom is -0.324 e. The van der Waals surface area contributed by atoms with Crippen LogP contribution in [0.15, 0.2) is 42.5 Å². The number of aryl methyl sites for hydroxylation is 2. The van der Waals surface area contributed by atoms with Crippen molar-refractivity contribution in [2.75, 3.05) is 15.9 Å². The molecule has 2 aromatic rings. The van der Waals surface area contributed by atoms with Crippen LogP contribution in [0.4, 0.5) is 15.8 Å². The quantitative estimate of drug-likeness (QED) is 0.835. The Morgan fingerprint density at radius 2 is 1.65 bits per heavy atom. The average Bonchev–Trinajstić information content (AvgIpc) is 2.51. The molecule has 0 aliphatic carbocycles. The topological polar surface area (TPSA) is 66.5 Å². The fourth-order valence-corrected chi connectivity index (χ4v) is 4.13. The van der Waals surface area contributed by atoms with E-state index in [0.717, 1.165) is 21.7 Å². The van der Waals surface area contributed by atoms with Gasteiger partial charge in [0.25, 0.3) is 0 Å². The number of hydrogen-bond acceptors (Lipinski definition) is 3. The molecule has 7 heteroatoms. The molecule has 1 N–H and O–H groups in total. The molecular formula is C19H23FN2O3S. The average molecular weight is 378 g/mol. The van der Waals surface area contributed by atoms with E-state index in [1.54, 1.807) is 6.92 Å². The van der Waals surface area contributed by atoms with E-state index in [1.807, 2.05) is 32.0 Å². The van der Waals surface area contributed by atoms with E-state index in [4.69, 9.17) is 0 Å². The van der Waals surface area contributed by atoms with Gasteiger partial charge in [0.2, 0.25) is 15.9 Å². The van der Waals surface area contributed by atoms with E-state index in [2.05, 4.69) is 5.32 Å². The number of carbonyl (C=O) groups excluding carboxylic acids is 1. The molecule has 5 nitrogen and oxygen atoms in total. The zero-order valence-electron chi connectivity index (χ0n) is 15.3. The van der Waals surface area contributed by atoms with Crippen LogP contribution in [0.3, 0.4) is 0 Å². The second-order valence-electron chi connectivity index (χ2n) is 6.32. The van der Waals surface area contributed by atoms with Gasteiger partial charge in [0, 0.05) is 5.69 Å². The summed E-state index contributed by atoms with van der Waals surface area (Å²) in [5.74, 6) is -0.915. The molecule has 1 atom stereocenters. The monoisotopic (exact) mass is 378 g/mol. The summed E-state index contributed by atoms with van der Waals surface area (Å²) in [6, 6.07) is 9.71. The van der Waals surface area contributed by atoms with Gasteiger partial charge in [-0.1, -0.05) is 13.0 Å². The second kappa shape index (κ2) is 7.86. The Hall–Kier alpha value is -2.41. The molecule has 0 aliphatic heterocycles. The number of anilines is 2. The first-order chi connectivity index (χ1) is 12.1. The standard InChI is InChI=1S/C19H23FN2O3S/c1-5-18(19(23)21-16-11-13(2)10-14(3)12-16)22(26(4,24)25)17-8-6-15(20)7-9-17/h6-12,18H,5H2,1-4H3,(H,21,23). The van der Waals surface area contributed by atoms with Gasteiger partial charge >= 0.3 is 0 Å². The molecule has 140 valence electrons. The van der Waals surface area contributed by atoms with Gasteiger partial charge in [0.15, 0.2) is 0 Å². The Labute approximate surface area is 153 Å². The van der Waals surface area contributed by atoms with Crippen LogP contribution in [-0.2, 0) is 14.8 Å². The molecule has 0 aromatic heterocycles. The fraction of sp³-hybridized carbons (Fsp3) is 0.316. The summed E-state index contributed by atoms with van der Waals surface area (Å²) in [6.45, 7) is 5.57. The first kappa shape index (κ1) is 19.9. The van der Waals surface area contributed by atoms with Crippen molar-refractivity contribution in [2.24, 2.45) is 0 Å². The number of benzene rings is 2. The first-order valence-corrected chi connectivity index (χ1v) is 10.1. The molecule has 0 saturated heterocycles. The highest BCUT2D eigenvalue weighted by molar-refractivity contribution is 7.92. The number of amides is 1. The lowest BCUT2D eigenvalue weighted by atomic mass is 10.1. The highest BCUT2D eigenvalue weighted by atomic mass is 32.2. The molecule has 0 heterocycles. The zero-order valence-corrected chi connectivity index (χ0v) is 16.1. The van der Waals surface area contributed by atoms with Crippen LogP contribution in [0.2, 0.25) is 0 Å². The molecule has 26 heavy (non-hydrogen) atoms. The lowest BCUT2D eigenvalue weighted by Gasteiger charge is -2.30. The summed E-state index contributed by atoms with van der Waals surface area (Å²) >= 11 is 0. The molecule has 0 bridgehead atoms. The highest BCUT2D eigenvalue weighted by Crippen LogP contribution is 2.24. The Balaban J connectivity index is 2.37. The van der Waals surface area contributed by atoms with Crippen LogP contribution >= 0.6 is 0 Å². The van der Waals surface area contributed by atoms with Gasteiger partial charge < -0.3 is 5.32 Å². The summed E-state index contributed by atoms with van der Waals surface area (Å²) < 4.78 is 38.9. The molecule has 0 fully saturated rings. The van der Waals surface area contributed by atoms with Crippen molar-refractivity contribution in [3.8, 4) is 0 Å². The maximum absolute atomic E-state index is 13.2. The zero-order chi connectivity index (χ0) is 19.5. The SMILES string of the molecule is CCC(C(=O)Nc1cc(C)cc(C)c1)N(c1ccc(F)cc1)S(C)(=O)=O. The maximum Gasteiger partial charge on any atom is 0.248 e. The number of carbonyl (C=O) groups is 1. The summed E-state index contributed by atoms with van der Waals surface area (Å²) in [6.07, 6.45) is 1.30. The number of nitrogens with one attached hydrogen (secondary N) is 1. The normalized spacial score (nSPS) is 12.5. The van der Waals surface area contributed by atoms with Gasteiger partial charge in [-0.25, -0.2) is 12.8 Å². The van der Waals surface area contributed by atoms with Gasteiger partial charge in [-0.3, -0.25) is 9.10 Å². The highest BCUT2D eigenvalue weighted by Gasteiger charge is 2.31. The third-order valence-corrected chi connectivity index (χ3v) is 5.08. The van der Waals surface area contributed by atoms with E-state index in [0.29, 0.717) is 5.69 Å². The molecule has 0 spiro atoms. The van der Waals surface area contributed by atoms with Crippen molar-refractivity contribution < 1.29 is 17.6 Å². The minimum atomic E-state index is -3.75. The van der Waals surface area contributed by atoms with Gasteiger partial charge in [-0.15, -0.1) is 0 Å². The summed E-state index contributed by atoms with van der Waals surface area (Å²) in [5, 5.41) is 2.79. The Kier molecular flexibility index (Phi) is 6.02. The third kappa shape index (κ3) is 4.82. The van der Waals surface area contributed by atoms with Crippen molar-refractivity contribution in [2.45, 2.75) is 33.2 Å². The van der Waals surface area contributed by atoms with Gasteiger partial charge in [-0.2, -0.15) is 0 Å². The number of sulfonamides is 1. The molecule has 1 amide bonds. The first-order valence-electron chi connectivity index (χ1n) is 8.26. The van der Waals surface area contributed by atoms with Crippen LogP contribution in [0.5, 0.6) is 0 Å². The number of halogens is 1. The largest absolute Gasteiger partial charge is 0.324 e. The smallest absolute Gasteiger partial charge is 0.248 e. The van der Waals surface area contributed by atoms with Crippen molar-refractivity contribution in [3.63, 3.8) is 0 Å². The van der Waals surface area contributed by atoms with E-state index < -0.39 is 27.8 Å². The number of nitrogens with zero attached hydrogens (tertiary/aromatic N) is 1. The van der Waals surface area contributed by atoms with Gasteiger partial charge in [0.1, 0.15) is 11.9 Å². The fourth-order valence-electron chi connectivity index (χ4n) is 2.92. The van der Waals surface area contributed by atoms with Crippen molar-refractivity contribution >= 4 is 27.3 Å². The summed E-state index contributed by atoms with van der Waals surface area (Å²) in [5.41, 5.74) is 2.84. The maximum atomic E-state index is 13.2. The van der Waals surface area contributed by atoms with Crippen LogP contribution in [0.1, 0.15) is 24.5 Å². The summed E-state index contributed by atoms with van der Waals surface area (Å²) in [4.78, 5) is 12.8. The molecule has 2 aromatic carbocycles. The molecule has 0 aliphatic rings. The van der Waals surface area contributed by atoms with Crippen molar-refractivity contribution in [3.05, 3.63) is 59.4 Å². The predicted molar refractivity (Wildman–Crippen MR) is 102 cm³/mol. The van der Waals surface area contributed by atoms with Crippen molar-refractivity contribution in [1.82, 2.24) is 0 Å². The van der Waals surface area contributed by atoms with Crippen LogP contribution in [0, 0.1) is 19.7 Å². The second-order valence-corrected chi connectivity index (χ2v) is 8.18. The molecule has 1 unspecified atom stereocenters. The van der Waals surface area contributed by atoms with Crippen molar-refractivity contribution in [1.29, 1.82) is 0 Å². The van der Waals surface area contributed by atoms with Crippen LogP contribution in [0.25, 0.3) is 0 Å². The van der Waals surface area contributed by atoms with E-state index >= 15 is 0 Å². The molecular weight excluding hydrogens is 355 g/mol. The lowest BCUT2D eigenvalue weighted by molar-refractivity contribution is -0.117. The van der Waals surface area contributed by atoms with E-state index in [9.17, 15) is 17.6 Å². The van der Waals surface area contributed by atoms with Gasteiger partial charge in [0.05, 0.1) is 11.9 Å². The lowest BCUT2D eigenvalue weighted by Crippen LogP contribution is -2.47. The molecule has 0 saturated carbocycles. The van der Waals surface area contributed by atoms with Gasteiger partial charge in [-0.05, 0) is 67.8 Å². The Bertz CT molecular complexity index is 875. The minimum absolute atomic E-state index is 0.247. The molecule has 0 radical (unpaired) electrons. The Morgan fingerprint density at radius 3 is 2.12 bits per heavy atom. The van der Waals surface area contributed by atoms with E-state index in [-0.39, 0.29) is 12.1 Å². The molecule has 2 rings (SSSR count). The third-order valence-electron chi connectivity index (χ3n) is 3.90.